The highest BCUT2D eigenvalue weighted by molar-refractivity contribution is 5.62. The lowest BCUT2D eigenvalue weighted by molar-refractivity contribution is 0.393. The van der Waals surface area contributed by atoms with Crippen LogP contribution in [0.5, 0.6) is 0 Å². The van der Waals surface area contributed by atoms with Crippen LogP contribution in [0.1, 0.15) is 30.5 Å². The number of rotatable bonds is 4. The first kappa shape index (κ1) is 13.5. The van der Waals surface area contributed by atoms with E-state index in [1.807, 2.05) is 13.8 Å². The van der Waals surface area contributed by atoms with Crippen molar-refractivity contribution >= 4 is 5.82 Å². The quantitative estimate of drug-likeness (QED) is 0.919. The Kier molecular flexibility index (Phi) is 3.78. The summed E-state index contributed by atoms with van der Waals surface area (Å²) in [5.74, 6) is 0.881. The molecule has 0 fully saturated rings. The van der Waals surface area contributed by atoms with Crippen molar-refractivity contribution in [1.82, 2.24) is 15.1 Å². The van der Waals surface area contributed by atoms with Crippen LogP contribution >= 0.6 is 0 Å². The molecule has 1 N–H and O–H groups in total. The van der Waals surface area contributed by atoms with Crippen molar-refractivity contribution < 1.29 is 8.91 Å². The van der Waals surface area contributed by atoms with E-state index < -0.39 is 5.82 Å². The van der Waals surface area contributed by atoms with Crippen LogP contribution in [0.4, 0.5) is 10.2 Å². The lowest BCUT2D eigenvalue weighted by atomic mass is 10.2. The lowest BCUT2D eigenvalue weighted by Gasteiger charge is -2.09. The van der Waals surface area contributed by atoms with E-state index in [2.05, 4.69) is 20.4 Å². The minimum atomic E-state index is -0.413. The normalized spacial score (nSPS) is 10.8. The molecular formula is C13H17FN4O. The Labute approximate surface area is 111 Å². The fraction of sp³-hybridized carbons (Fsp3) is 0.462. The van der Waals surface area contributed by atoms with Gasteiger partial charge in [0, 0.05) is 6.54 Å². The number of nitrogens with zero attached hydrogens (tertiary/aromatic N) is 3. The molecule has 19 heavy (non-hydrogen) atoms. The number of anilines is 1. The topological polar surface area (TPSA) is 63.8 Å². The Morgan fingerprint density at radius 3 is 2.47 bits per heavy atom. The summed E-state index contributed by atoms with van der Waals surface area (Å²) in [6.07, 6.45) is 0.892. The van der Waals surface area contributed by atoms with Gasteiger partial charge in [0.15, 0.2) is 17.5 Å². The van der Waals surface area contributed by atoms with Crippen LogP contribution in [0.3, 0.4) is 0 Å². The van der Waals surface area contributed by atoms with Gasteiger partial charge < -0.3 is 9.84 Å². The standard InChI is InChI=1S/C13H17FN4O/c1-5-6-15-13-11(14)8(3)16-12(17-13)10-7(2)18-19-9(10)4/h5-6H2,1-4H3,(H,15,16,17). The average molecular weight is 264 g/mol. The van der Waals surface area contributed by atoms with Gasteiger partial charge in [-0.3, -0.25) is 0 Å². The number of hydrogen-bond donors (Lipinski definition) is 1. The van der Waals surface area contributed by atoms with E-state index in [-0.39, 0.29) is 5.82 Å². The van der Waals surface area contributed by atoms with Gasteiger partial charge in [-0.2, -0.15) is 0 Å². The number of halogens is 1. The van der Waals surface area contributed by atoms with Gasteiger partial charge >= 0.3 is 0 Å². The van der Waals surface area contributed by atoms with E-state index in [1.54, 1.807) is 13.8 Å². The molecule has 0 saturated carbocycles. The molecule has 0 saturated heterocycles. The lowest BCUT2D eigenvalue weighted by Crippen LogP contribution is -2.08. The highest BCUT2D eigenvalue weighted by Gasteiger charge is 2.18. The Morgan fingerprint density at radius 1 is 1.16 bits per heavy atom. The number of hydrogen-bond acceptors (Lipinski definition) is 5. The van der Waals surface area contributed by atoms with Crippen LogP contribution in [-0.4, -0.2) is 21.7 Å². The van der Waals surface area contributed by atoms with Gasteiger partial charge in [0.1, 0.15) is 5.76 Å². The van der Waals surface area contributed by atoms with Gasteiger partial charge in [0.2, 0.25) is 0 Å². The minimum absolute atomic E-state index is 0.226. The Hall–Kier alpha value is -1.98. The Morgan fingerprint density at radius 2 is 1.89 bits per heavy atom. The van der Waals surface area contributed by atoms with Crippen LogP contribution in [-0.2, 0) is 0 Å². The number of nitrogens with one attached hydrogen (secondary N) is 1. The zero-order valence-corrected chi connectivity index (χ0v) is 11.5. The third-order valence-electron chi connectivity index (χ3n) is 2.82. The average Bonchev–Trinajstić information content (AvgIpc) is 2.71. The molecule has 2 heterocycles. The van der Waals surface area contributed by atoms with Crippen molar-refractivity contribution in [3.8, 4) is 11.4 Å². The van der Waals surface area contributed by atoms with Crippen LogP contribution in [0, 0.1) is 26.6 Å². The second-order valence-corrected chi connectivity index (χ2v) is 4.42. The molecule has 102 valence electrons. The molecule has 2 aromatic heterocycles. The van der Waals surface area contributed by atoms with Gasteiger partial charge in [0.05, 0.1) is 17.0 Å². The van der Waals surface area contributed by atoms with Crippen molar-refractivity contribution in [3.05, 3.63) is 23.0 Å². The largest absolute Gasteiger partial charge is 0.368 e. The SMILES string of the molecule is CCCNc1nc(-c2c(C)noc2C)nc(C)c1F. The number of aryl methyl sites for hydroxylation is 3. The minimum Gasteiger partial charge on any atom is -0.368 e. The van der Waals surface area contributed by atoms with Crippen LogP contribution in [0.15, 0.2) is 4.52 Å². The van der Waals surface area contributed by atoms with Crippen molar-refractivity contribution in [2.75, 3.05) is 11.9 Å². The summed E-state index contributed by atoms with van der Waals surface area (Å²) in [6.45, 7) is 7.89. The molecule has 0 amide bonds. The maximum Gasteiger partial charge on any atom is 0.186 e. The van der Waals surface area contributed by atoms with Gasteiger partial charge in [-0.15, -0.1) is 0 Å². The summed E-state index contributed by atoms with van der Waals surface area (Å²) in [7, 11) is 0. The maximum atomic E-state index is 13.9. The summed E-state index contributed by atoms with van der Waals surface area (Å²) in [5.41, 5.74) is 1.73. The smallest absolute Gasteiger partial charge is 0.186 e. The van der Waals surface area contributed by atoms with Gasteiger partial charge in [-0.1, -0.05) is 12.1 Å². The molecule has 6 heteroatoms. The van der Waals surface area contributed by atoms with Crippen molar-refractivity contribution in [3.63, 3.8) is 0 Å². The predicted octanol–water partition coefficient (Wildman–Crippen LogP) is 3.02. The zero-order chi connectivity index (χ0) is 14.0. The molecular weight excluding hydrogens is 247 g/mol. The molecule has 0 aliphatic heterocycles. The fourth-order valence-electron chi connectivity index (χ4n) is 1.83. The van der Waals surface area contributed by atoms with Crippen molar-refractivity contribution in [1.29, 1.82) is 0 Å². The summed E-state index contributed by atoms with van der Waals surface area (Å²) in [5, 5.41) is 6.83. The van der Waals surface area contributed by atoms with Crippen LogP contribution in [0.2, 0.25) is 0 Å². The van der Waals surface area contributed by atoms with Gasteiger partial charge in [0.25, 0.3) is 0 Å². The molecule has 0 aliphatic rings. The molecule has 0 atom stereocenters. The highest BCUT2D eigenvalue weighted by atomic mass is 19.1. The van der Waals surface area contributed by atoms with Gasteiger partial charge in [-0.25, -0.2) is 14.4 Å². The van der Waals surface area contributed by atoms with Crippen LogP contribution < -0.4 is 5.32 Å². The molecule has 0 aromatic carbocycles. The second-order valence-electron chi connectivity index (χ2n) is 4.42. The first-order valence-corrected chi connectivity index (χ1v) is 6.25. The molecule has 2 rings (SSSR count). The van der Waals surface area contributed by atoms with E-state index in [1.165, 1.54) is 0 Å². The molecule has 0 unspecified atom stereocenters. The monoisotopic (exact) mass is 264 g/mol. The molecule has 5 nitrogen and oxygen atoms in total. The maximum absolute atomic E-state index is 13.9. The van der Waals surface area contributed by atoms with Crippen molar-refractivity contribution in [2.45, 2.75) is 34.1 Å². The van der Waals surface area contributed by atoms with E-state index in [0.29, 0.717) is 29.5 Å². The van der Waals surface area contributed by atoms with Crippen LogP contribution in [0.25, 0.3) is 11.4 Å². The van der Waals surface area contributed by atoms with Crippen molar-refractivity contribution in [2.24, 2.45) is 0 Å². The predicted molar refractivity (Wildman–Crippen MR) is 70.5 cm³/mol. The summed E-state index contributed by atoms with van der Waals surface area (Å²) >= 11 is 0. The third-order valence-corrected chi connectivity index (χ3v) is 2.82. The first-order chi connectivity index (χ1) is 9.04. The Bertz CT molecular complexity index is 575. The molecule has 0 aliphatic carbocycles. The van der Waals surface area contributed by atoms with Gasteiger partial charge in [-0.05, 0) is 27.2 Å². The fourth-order valence-corrected chi connectivity index (χ4v) is 1.83. The summed E-state index contributed by atoms with van der Waals surface area (Å²) < 4.78 is 19.0. The highest BCUT2D eigenvalue weighted by Crippen LogP contribution is 2.26. The Balaban J connectivity index is 2.50. The number of aromatic nitrogens is 3. The first-order valence-electron chi connectivity index (χ1n) is 6.25. The van der Waals surface area contributed by atoms with E-state index >= 15 is 0 Å². The summed E-state index contributed by atoms with van der Waals surface area (Å²) in [6, 6.07) is 0. The molecule has 2 aromatic rings. The second kappa shape index (κ2) is 5.34. The summed E-state index contributed by atoms with van der Waals surface area (Å²) in [4.78, 5) is 8.42. The van der Waals surface area contributed by atoms with E-state index in [9.17, 15) is 4.39 Å². The molecule has 0 spiro atoms. The molecule has 0 radical (unpaired) electrons. The van der Waals surface area contributed by atoms with E-state index in [4.69, 9.17) is 4.52 Å². The third kappa shape index (κ3) is 2.57. The van der Waals surface area contributed by atoms with E-state index in [0.717, 1.165) is 12.0 Å². The molecule has 0 bridgehead atoms. The zero-order valence-electron chi connectivity index (χ0n) is 11.5.